The third kappa shape index (κ3) is 2.98. The molecular weight excluding hydrogens is 285 g/mol. The van der Waals surface area contributed by atoms with Crippen LogP contribution < -0.4 is 5.32 Å². The summed E-state index contributed by atoms with van der Waals surface area (Å²) in [6, 6.07) is 5.52. The first kappa shape index (κ1) is 15.3. The zero-order valence-electron chi connectivity index (χ0n) is 13.0. The summed E-state index contributed by atoms with van der Waals surface area (Å²) in [5.74, 6) is 1.42. The molecule has 0 amide bonds. The molecule has 116 valence electrons. The molecule has 0 radical (unpaired) electrons. The second-order valence-corrected chi connectivity index (χ2v) is 7.76. The highest BCUT2D eigenvalue weighted by atomic mass is 35.5. The number of nitrogens with one attached hydrogen (secondary N) is 1. The third-order valence-corrected chi connectivity index (χ3v) is 5.91. The molecule has 0 aliphatic heterocycles. The molecule has 0 aromatic heterocycles. The largest absolute Gasteiger partial charge is 0.314 e. The van der Waals surface area contributed by atoms with E-state index in [1.54, 1.807) is 6.07 Å². The maximum Gasteiger partial charge on any atom is 0.127 e. The van der Waals surface area contributed by atoms with Crippen LogP contribution in [0.5, 0.6) is 0 Å². The highest BCUT2D eigenvalue weighted by Gasteiger charge is 2.50. The van der Waals surface area contributed by atoms with E-state index in [0.717, 1.165) is 30.4 Å². The summed E-state index contributed by atoms with van der Waals surface area (Å²) in [5.41, 5.74) is 0.913. The van der Waals surface area contributed by atoms with Crippen molar-refractivity contribution in [1.29, 1.82) is 0 Å². The predicted molar refractivity (Wildman–Crippen MR) is 86.1 cm³/mol. The van der Waals surface area contributed by atoms with E-state index in [0.29, 0.717) is 11.1 Å². The summed E-state index contributed by atoms with van der Waals surface area (Å²) in [5, 5.41) is 4.19. The highest BCUT2D eigenvalue weighted by Crippen LogP contribution is 2.57. The van der Waals surface area contributed by atoms with Crippen LogP contribution in [0.3, 0.4) is 0 Å². The van der Waals surface area contributed by atoms with Crippen LogP contribution in [-0.2, 0) is 6.42 Å². The summed E-state index contributed by atoms with van der Waals surface area (Å²) < 4.78 is 14.2. The molecule has 2 bridgehead atoms. The maximum absolute atomic E-state index is 14.2. The van der Waals surface area contributed by atoms with Crippen LogP contribution in [0.15, 0.2) is 18.2 Å². The Kier molecular flexibility index (Phi) is 4.29. The average molecular weight is 310 g/mol. The fraction of sp³-hybridized carbons (Fsp3) is 0.667. The van der Waals surface area contributed by atoms with Gasteiger partial charge in [-0.25, -0.2) is 4.39 Å². The van der Waals surface area contributed by atoms with Crippen LogP contribution in [0.2, 0.25) is 5.02 Å². The molecule has 3 rings (SSSR count). The molecular formula is C18H25ClFN. The molecule has 2 aliphatic rings. The van der Waals surface area contributed by atoms with E-state index in [2.05, 4.69) is 19.2 Å². The van der Waals surface area contributed by atoms with Crippen molar-refractivity contribution in [2.45, 2.75) is 52.0 Å². The minimum Gasteiger partial charge on any atom is -0.314 e. The Morgan fingerprint density at radius 3 is 2.76 bits per heavy atom. The van der Waals surface area contributed by atoms with Gasteiger partial charge in [-0.05, 0) is 55.1 Å². The molecule has 2 saturated carbocycles. The molecule has 3 atom stereocenters. The Labute approximate surface area is 132 Å². The highest BCUT2D eigenvalue weighted by molar-refractivity contribution is 6.31. The van der Waals surface area contributed by atoms with E-state index in [1.165, 1.54) is 31.7 Å². The number of halogens is 2. The zero-order valence-corrected chi connectivity index (χ0v) is 13.7. The van der Waals surface area contributed by atoms with Crippen molar-refractivity contribution in [2.75, 3.05) is 6.54 Å². The lowest BCUT2D eigenvalue weighted by molar-refractivity contribution is 0.151. The first-order valence-corrected chi connectivity index (χ1v) is 8.54. The van der Waals surface area contributed by atoms with Gasteiger partial charge in [0.1, 0.15) is 5.82 Å². The van der Waals surface area contributed by atoms with Gasteiger partial charge in [0, 0.05) is 23.2 Å². The second kappa shape index (κ2) is 5.89. The Hall–Kier alpha value is -0.600. The summed E-state index contributed by atoms with van der Waals surface area (Å²) >= 11 is 6.27. The van der Waals surface area contributed by atoms with E-state index < -0.39 is 0 Å². The molecule has 0 saturated heterocycles. The first-order valence-electron chi connectivity index (χ1n) is 8.16. The van der Waals surface area contributed by atoms with Crippen molar-refractivity contribution in [3.8, 4) is 0 Å². The zero-order chi connectivity index (χ0) is 15.0. The molecule has 2 aliphatic carbocycles. The normalized spacial score (nSPS) is 31.3. The van der Waals surface area contributed by atoms with E-state index >= 15 is 0 Å². The molecule has 0 heterocycles. The van der Waals surface area contributed by atoms with Gasteiger partial charge in [-0.1, -0.05) is 37.9 Å². The predicted octanol–water partition coefficient (Wildman–Crippen LogP) is 4.83. The molecule has 21 heavy (non-hydrogen) atoms. The quantitative estimate of drug-likeness (QED) is 0.821. The van der Waals surface area contributed by atoms with Crippen LogP contribution in [0.4, 0.5) is 4.39 Å². The molecule has 0 spiro atoms. The lowest BCUT2D eigenvalue weighted by Crippen LogP contribution is -2.42. The topological polar surface area (TPSA) is 12.0 Å². The van der Waals surface area contributed by atoms with E-state index in [-0.39, 0.29) is 11.2 Å². The van der Waals surface area contributed by atoms with Gasteiger partial charge < -0.3 is 5.32 Å². The van der Waals surface area contributed by atoms with Gasteiger partial charge in [-0.15, -0.1) is 0 Å². The summed E-state index contributed by atoms with van der Waals surface area (Å²) in [7, 11) is 0. The Balaban J connectivity index is 1.86. The molecule has 1 aromatic rings. The van der Waals surface area contributed by atoms with Gasteiger partial charge in [-0.3, -0.25) is 0 Å². The molecule has 1 aromatic carbocycles. The van der Waals surface area contributed by atoms with Gasteiger partial charge in [0.15, 0.2) is 0 Å². The van der Waals surface area contributed by atoms with Gasteiger partial charge >= 0.3 is 0 Å². The fourth-order valence-electron chi connectivity index (χ4n) is 4.51. The molecule has 2 fully saturated rings. The lowest BCUT2D eigenvalue weighted by atomic mass is 9.69. The molecule has 3 heteroatoms. The Morgan fingerprint density at radius 2 is 2.19 bits per heavy atom. The van der Waals surface area contributed by atoms with Gasteiger partial charge in [0.2, 0.25) is 0 Å². The Morgan fingerprint density at radius 1 is 1.38 bits per heavy atom. The summed E-state index contributed by atoms with van der Waals surface area (Å²) in [4.78, 5) is 0. The first-order chi connectivity index (χ1) is 10.00. The standard InChI is InChI=1S/C18H25ClFN/c1-12(2)21-11-18(9-13-6-7-14(18)8-13)10-15-16(19)4-3-5-17(15)20/h3-5,12-14,21H,6-11H2,1-2H3. The van der Waals surface area contributed by atoms with E-state index in [4.69, 9.17) is 11.6 Å². The van der Waals surface area contributed by atoms with Gasteiger partial charge in [0.25, 0.3) is 0 Å². The van der Waals surface area contributed by atoms with Crippen molar-refractivity contribution >= 4 is 11.6 Å². The van der Waals surface area contributed by atoms with E-state index in [9.17, 15) is 4.39 Å². The van der Waals surface area contributed by atoms with Crippen LogP contribution >= 0.6 is 11.6 Å². The number of hydrogen-bond acceptors (Lipinski definition) is 1. The van der Waals surface area contributed by atoms with Crippen LogP contribution in [0.1, 0.15) is 45.1 Å². The number of fused-ring (bicyclic) bond motifs is 2. The minimum absolute atomic E-state index is 0.144. The van der Waals surface area contributed by atoms with Gasteiger partial charge in [-0.2, -0.15) is 0 Å². The molecule has 1 N–H and O–H groups in total. The summed E-state index contributed by atoms with van der Waals surface area (Å²) in [6.07, 6.45) is 5.99. The molecule has 3 unspecified atom stereocenters. The van der Waals surface area contributed by atoms with Crippen LogP contribution in [0.25, 0.3) is 0 Å². The SMILES string of the molecule is CC(C)NCC1(Cc2c(F)cccc2Cl)CC2CCC1C2. The molecule has 1 nitrogen and oxygen atoms in total. The monoisotopic (exact) mass is 309 g/mol. The van der Waals surface area contributed by atoms with E-state index in [1.807, 2.05) is 6.07 Å². The van der Waals surface area contributed by atoms with Crippen molar-refractivity contribution < 1.29 is 4.39 Å². The smallest absolute Gasteiger partial charge is 0.127 e. The summed E-state index contributed by atoms with van der Waals surface area (Å²) in [6.45, 7) is 5.34. The van der Waals surface area contributed by atoms with Crippen LogP contribution in [-0.4, -0.2) is 12.6 Å². The number of hydrogen-bond donors (Lipinski definition) is 1. The van der Waals surface area contributed by atoms with Crippen molar-refractivity contribution in [3.05, 3.63) is 34.6 Å². The second-order valence-electron chi connectivity index (χ2n) is 7.36. The van der Waals surface area contributed by atoms with Crippen LogP contribution in [0, 0.1) is 23.1 Å². The van der Waals surface area contributed by atoms with Crippen molar-refractivity contribution in [2.24, 2.45) is 17.3 Å². The van der Waals surface area contributed by atoms with Crippen molar-refractivity contribution in [3.63, 3.8) is 0 Å². The Bertz CT molecular complexity index is 496. The number of rotatable bonds is 5. The van der Waals surface area contributed by atoms with Crippen molar-refractivity contribution in [1.82, 2.24) is 5.32 Å². The number of benzene rings is 1. The van der Waals surface area contributed by atoms with Gasteiger partial charge in [0.05, 0.1) is 0 Å². The average Bonchev–Trinajstić information content (AvgIpc) is 3.02. The fourth-order valence-corrected chi connectivity index (χ4v) is 4.74. The third-order valence-electron chi connectivity index (χ3n) is 5.56. The maximum atomic E-state index is 14.2. The minimum atomic E-state index is -0.144. The lowest BCUT2D eigenvalue weighted by Gasteiger charge is -2.39.